The van der Waals surface area contributed by atoms with Gasteiger partial charge in [0.05, 0.1) is 0 Å². The molecular weight excluding hydrogens is 336 g/mol. The molecule has 0 amide bonds. The van der Waals surface area contributed by atoms with Crippen molar-refractivity contribution >= 4 is 0 Å². The van der Waals surface area contributed by atoms with Crippen LogP contribution in [0.25, 0.3) is 0 Å². The number of benzene rings is 2. The van der Waals surface area contributed by atoms with E-state index < -0.39 is 0 Å². The van der Waals surface area contributed by atoms with Gasteiger partial charge in [0, 0.05) is 36.0 Å². The number of phenolic OH excluding ortho intramolecular Hbond substituents is 1. The maximum Gasteiger partial charge on any atom is 0.119 e. The van der Waals surface area contributed by atoms with Gasteiger partial charge in [-0.25, -0.2) is 0 Å². The summed E-state index contributed by atoms with van der Waals surface area (Å²) in [4.78, 5) is 2.51. The quantitative estimate of drug-likeness (QED) is 0.801. The summed E-state index contributed by atoms with van der Waals surface area (Å²) in [6, 6.07) is 16.9. The number of hydrogen-bond donors (Lipinski definition) is 2. The number of rotatable bonds is 5. The average molecular weight is 364 g/mol. The molecular formula is C23H28N2O2. The molecule has 1 heterocycles. The molecule has 2 aromatic rings. The molecule has 0 radical (unpaired) electrons. The predicted octanol–water partition coefficient (Wildman–Crippen LogP) is 2.95. The second-order valence-corrected chi connectivity index (χ2v) is 8.93. The van der Waals surface area contributed by atoms with Crippen LogP contribution in [0.15, 0.2) is 48.5 Å². The zero-order valence-electron chi connectivity index (χ0n) is 16.1. The van der Waals surface area contributed by atoms with Crippen molar-refractivity contribution in [1.82, 2.24) is 10.2 Å². The third-order valence-corrected chi connectivity index (χ3v) is 7.12. The SMILES string of the molecule is CN1CC23Cc4ccc(O)cc4[C@@](C)(C2)[C@@H](NCCOc2ccccc2)C13. The minimum absolute atomic E-state index is 0.0501. The Bertz CT molecular complexity index is 855. The van der Waals surface area contributed by atoms with Crippen LogP contribution in [0.3, 0.4) is 0 Å². The summed E-state index contributed by atoms with van der Waals surface area (Å²) in [5.74, 6) is 1.30. The first-order chi connectivity index (χ1) is 13.0. The van der Waals surface area contributed by atoms with Gasteiger partial charge in [-0.3, -0.25) is 0 Å². The number of para-hydroxylation sites is 1. The van der Waals surface area contributed by atoms with Gasteiger partial charge in [-0.05, 0) is 55.3 Å². The van der Waals surface area contributed by atoms with Crippen molar-refractivity contribution in [1.29, 1.82) is 0 Å². The Morgan fingerprint density at radius 2 is 2.04 bits per heavy atom. The standard InChI is InChI=1S/C23H28N2O2/c1-22-14-23(13-16-8-9-17(26)12-19(16)22)15-25(2)21(23)20(22)24-10-11-27-18-6-4-3-5-7-18/h3-9,12,20-21,24,26H,10-11,13-15H2,1-2H3/t20-,21?,22+,23?/m0/s1. The van der Waals surface area contributed by atoms with Gasteiger partial charge < -0.3 is 20.1 Å². The zero-order valence-corrected chi connectivity index (χ0v) is 16.1. The molecule has 4 heteroatoms. The van der Waals surface area contributed by atoms with Crippen LogP contribution in [0.5, 0.6) is 11.5 Å². The highest BCUT2D eigenvalue weighted by Gasteiger charge is 2.68. The van der Waals surface area contributed by atoms with E-state index in [1.54, 1.807) is 0 Å². The summed E-state index contributed by atoms with van der Waals surface area (Å²) in [6.07, 6.45) is 2.33. The number of likely N-dealkylation sites (tertiary alicyclic amines) is 1. The van der Waals surface area contributed by atoms with Crippen LogP contribution in [0.2, 0.25) is 0 Å². The van der Waals surface area contributed by atoms with E-state index in [-0.39, 0.29) is 5.41 Å². The van der Waals surface area contributed by atoms with Gasteiger partial charge >= 0.3 is 0 Å². The summed E-state index contributed by atoms with van der Waals surface area (Å²) in [5.41, 5.74) is 3.18. The highest BCUT2D eigenvalue weighted by atomic mass is 16.5. The number of likely N-dealkylation sites (N-methyl/N-ethyl adjacent to an activating group) is 1. The minimum atomic E-state index is 0.0501. The molecule has 0 aromatic heterocycles. The Labute approximate surface area is 161 Å². The first kappa shape index (κ1) is 17.1. The molecule has 2 N–H and O–H groups in total. The van der Waals surface area contributed by atoms with Crippen molar-refractivity contribution < 1.29 is 9.84 Å². The fourth-order valence-corrected chi connectivity index (χ4v) is 6.35. The highest BCUT2D eigenvalue weighted by Crippen LogP contribution is 2.63. The van der Waals surface area contributed by atoms with E-state index in [1.165, 1.54) is 24.1 Å². The molecule has 27 heavy (non-hydrogen) atoms. The number of aromatic hydroxyl groups is 1. The van der Waals surface area contributed by atoms with Crippen molar-refractivity contribution in [2.45, 2.75) is 37.3 Å². The van der Waals surface area contributed by atoms with E-state index >= 15 is 0 Å². The molecule has 2 unspecified atom stereocenters. The highest BCUT2D eigenvalue weighted by molar-refractivity contribution is 5.49. The monoisotopic (exact) mass is 364 g/mol. The molecule has 4 atom stereocenters. The molecule has 5 rings (SSSR count). The lowest BCUT2D eigenvalue weighted by Crippen LogP contribution is -2.66. The van der Waals surface area contributed by atoms with Gasteiger partial charge in [0.25, 0.3) is 0 Å². The fourth-order valence-electron chi connectivity index (χ4n) is 6.35. The Morgan fingerprint density at radius 3 is 2.81 bits per heavy atom. The van der Waals surface area contributed by atoms with Crippen LogP contribution in [-0.2, 0) is 11.8 Å². The lowest BCUT2D eigenvalue weighted by molar-refractivity contribution is -0.0422. The van der Waals surface area contributed by atoms with Crippen LogP contribution in [0, 0.1) is 5.41 Å². The normalized spacial score (nSPS) is 33.9. The molecule has 1 spiro atoms. The predicted molar refractivity (Wildman–Crippen MR) is 106 cm³/mol. The summed E-state index contributed by atoms with van der Waals surface area (Å²) < 4.78 is 5.89. The maximum atomic E-state index is 10.1. The van der Waals surface area contributed by atoms with Crippen molar-refractivity contribution in [3.8, 4) is 11.5 Å². The Balaban J connectivity index is 1.37. The van der Waals surface area contributed by atoms with Crippen LogP contribution in [-0.4, -0.2) is 48.8 Å². The first-order valence-corrected chi connectivity index (χ1v) is 9.96. The lowest BCUT2D eigenvalue weighted by Gasteiger charge is -2.55. The number of ether oxygens (including phenoxy) is 1. The van der Waals surface area contributed by atoms with Crippen molar-refractivity contribution in [2.75, 3.05) is 26.7 Å². The van der Waals surface area contributed by atoms with Crippen LogP contribution < -0.4 is 10.1 Å². The van der Waals surface area contributed by atoms with Crippen molar-refractivity contribution in [2.24, 2.45) is 5.41 Å². The minimum Gasteiger partial charge on any atom is -0.508 e. The molecule has 2 fully saturated rings. The van der Waals surface area contributed by atoms with E-state index in [9.17, 15) is 5.11 Å². The summed E-state index contributed by atoms with van der Waals surface area (Å²) >= 11 is 0. The van der Waals surface area contributed by atoms with Gasteiger partial charge in [0.2, 0.25) is 0 Å². The molecule has 3 aliphatic rings. The van der Waals surface area contributed by atoms with Crippen molar-refractivity contribution in [3.05, 3.63) is 59.7 Å². The smallest absolute Gasteiger partial charge is 0.119 e. The molecule has 1 saturated heterocycles. The molecule has 2 aliphatic carbocycles. The Kier molecular flexibility index (Phi) is 3.78. The summed E-state index contributed by atoms with van der Waals surface area (Å²) in [7, 11) is 2.25. The molecule has 2 bridgehead atoms. The van der Waals surface area contributed by atoms with Gasteiger partial charge in [-0.15, -0.1) is 0 Å². The number of fused-ring (bicyclic) bond motifs is 3. The Morgan fingerprint density at radius 1 is 1.22 bits per heavy atom. The van der Waals surface area contributed by atoms with Crippen LogP contribution in [0.4, 0.5) is 0 Å². The summed E-state index contributed by atoms with van der Waals surface area (Å²) in [5, 5.41) is 13.9. The lowest BCUT2D eigenvalue weighted by atomic mass is 9.63. The topological polar surface area (TPSA) is 44.7 Å². The second kappa shape index (κ2) is 5.98. The number of nitrogens with zero attached hydrogens (tertiary/aromatic N) is 1. The Hall–Kier alpha value is -2.04. The van der Waals surface area contributed by atoms with Gasteiger partial charge in [-0.1, -0.05) is 31.2 Å². The van der Waals surface area contributed by atoms with Gasteiger partial charge in [0.15, 0.2) is 0 Å². The number of nitrogens with one attached hydrogen (secondary N) is 1. The van der Waals surface area contributed by atoms with E-state index in [0.717, 1.165) is 18.7 Å². The van der Waals surface area contributed by atoms with E-state index in [0.29, 0.717) is 29.9 Å². The molecule has 2 aromatic carbocycles. The zero-order chi connectivity index (χ0) is 18.6. The molecule has 1 aliphatic heterocycles. The average Bonchev–Trinajstić information content (AvgIpc) is 2.81. The van der Waals surface area contributed by atoms with E-state index in [4.69, 9.17) is 4.74 Å². The van der Waals surface area contributed by atoms with E-state index in [1.807, 2.05) is 42.5 Å². The van der Waals surface area contributed by atoms with Crippen LogP contribution >= 0.6 is 0 Å². The number of hydrogen-bond acceptors (Lipinski definition) is 4. The van der Waals surface area contributed by atoms with Crippen LogP contribution in [0.1, 0.15) is 24.5 Å². The largest absolute Gasteiger partial charge is 0.508 e. The second-order valence-electron chi connectivity index (χ2n) is 8.93. The van der Waals surface area contributed by atoms with Gasteiger partial charge in [0.1, 0.15) is 18.1 Å². The van der Waals surface area contributed by atoms with Crippen molar-refractivity contribution in [3.63, 3.8) is 0 Å². The maximum absolute atomic E-state index is 10.1. The van der Waals surface area contributed by atoms with E-state index in [2.05, 4.69) is 30.3 Å². The first-order valence-electron chi connectivity index (χ1n) is 9.96. The molecule has 1 saturated carbocycles. The van der Waals surface area contributed by atoms with Gasteiger partial charge in [-0.2, -0.15) is 0 Å². The molecule has 4 nitrogen and oxygen atoms in total. The third kappa shape index (κ3) is 2.50. The molecule has 142 valence electrons. The summed E-state index contributed by atoms with van der Waals surface area (Å²) in [6.45, 7) is 5.04. The fraction of sp³-hybridized carbons (Fsp3) is 0.478. The number of phenols is 1. The third-order valence-electron chi connectivity index (χ3n) is 7.12.